The Morgan fingerprint density at radius 2 is 2.05 bits per heavy atom. The van der Waals surface area contributed by atoms with E-state index in [1.54, 1.807) is 0 Å². The van der Waals surface area contributed by atoms with E-state index in [0.717, 1.165) is 4.88 Å². The van der Waals surface area contributed by atoms with Crippen LogP contribution in [0, 0.1) is 0 Å². The van der Waals surface area contributed by atoms with E-state index in [-0.39, 0.29) is 18.2 Å². The number of carboxylic acid groups (broad SMARTS) is 1. The summed E-state index contributed by atoms with van der Waals surface area (Å²) >= 11 is 1.44. The highest BCUT2D eigenvalue weighted by molar-refractivity contribution is 7.10. The molecule has 1 heterocycles. The maximum absolute atomic E-state index is 12.3. The van der Waals surface area contributed by atoms with Crippen molar-refractivity contribution in [3.05, 3.63) is 22.4 Å². The molecule has 6 nitrogen and oxygen atoms in total. The number of amides is 2. The van der Waals surface area contributed by atoms with Crippen LogP contribution < -0.4 is 5.32 Å². The molecule has 2 amide bonds. The lowest BCUT2D eigenvalue weighted by Crippen LogP contribution is -2.51. The van der Waals surface area contributed by atoms with Gasteiger partial charge in [-0.3, -0.25) is 9.59 Å². The Morgan fingerprint density at radius 3 is 2.48 bits per heavy atom. The monoisotopic (exact) mass is 312 g/mol. The number of hydrogen-bond donors (Lipinski definition) is 2. The van der Waals surface area contributed by atoms with Gasteiger partial charge in [-0.05, 0) is 25.3 Å². The molecule has 1 aromatic rings. The Morgan fingerprint density at radius 1 is 1.43 bits per heavy atom. The van der Waals surface area contributed by atoms with Gasteiger partial charge in [-0.2, -0.15) is 0 Å². The van der Waals surface area contributed by atoms with Crippen LogP contribution in [0.1, 0.15) is 38.1 Å². The zero-order valence-electron chi connectivity index (χ0n) is 12.5. The number of rotatable bonds is 6. The van der Waals surface area contributed by atoms with E-state index in [1.165, 1.54) is 44.1 Å². The molecule has 0 aromatic carbocycles. The van der Waals surface area contributed by atoms with Crippen molar-refractivity contribution in [3.8, 4) is 0 Å². The van der Waals surface area contributed by atoms with Gasteiger partial charge in [0.1, 0.15) is 5.54 Å². The number of likely N-dealkylation sites (N-methyl/N-ethyl adjacent to an activating group) is 1. The third kappa shape index (κ3) is 4.29. The molecule has 0 radical (unpaired) electrons. The van der Waals surface area contributed by atoms with Gasteiger partial charge in [0.25, 0.3) is 0 Å². The second kappa shape index (κ2) is 6.71. The van der Waals surface area contributed by atoms with Crippen LogP contribution in [0.15, 0.2) is 17.5 Å². The summed E-state index contributed by atoms with van der Waals surface area (Å²) in [5.74, 6) is -1.65. The summed E-state index contributed by atoms with van der Waals surface area (Å²) in [5, 5.41) is 13.7. The fourth-order valence-electron chi connectivity index (χ4n) is 1.72. The molecule has 0 aliphatic carbocycles. The second-order valence-corrected chi connectivity index (χ2v) is 6.27. The van der Waals surface area contributed by atoms with Crippen molar-refractivity contribution >= 4 is 29.1 Å². The van der Waals surface area contributed by atoms with Crippen LogP contribution >= 0.6 is 11.3 Å². The molecule has 7 heteroatoms. The number of carboxylic acids is 1. The molecule has 0 fully saturated rings. The van der Waals surface area contributed by atoms with E-state index in [2.05, 4.69) is 5.32 Å². The van der Waals surface area contributed by atoms with Gasteiger partial charge >= 0.3 is 5.97 Å². The number of hydrogen-bond acceptors (Lipinski definition) is 4. The Hall–Kier alpha value is -1.89. The average molecular weight is 312 g/mol. The highest BCUT2D eigenvalue weighted by atomic mass is 32.1. The molecule has 1 aromatic heterocycles. The fourth-order valence-corrected chi connectivity index (χ4v) is 2.50. The summed E-state index contributed by atoms with van der Waals surface area (Å²) < 4.78 is 0. The third-order valence-electron chi connectivity index (χ3n) is 3.38. The van der Waals surface area contributed by atoms with Crippen molar-refractivity contribution in [3.63, 3.8) is 0 Å². The van der Waals surface area contributed by atoms with Gasteiger partial charge in [-0.15, -0.1) is 11.3 Å². The molecule has 2 N–H and O–H groups in total. The number of nitrogens with zero attached hydrogens (tertiary/aromatic N) is 1. The normalized spacial score (nSPS) is 12.6. The number of nitrogens with one attached hydrogen (secondary N) is 1. The predicted molar refractivity (Wildman–Crippen MR) is 80.0 cm³/mol. The predicted octanol–water partition coefficient (Wildman–Crippen LogP) is 1.64. The molecule has 1 unspecified atom stereocenters. The molecule has 0 aliphatic rings. The van der Waals surface area contributed by atoms with Gasteiger partial charge in [0.2, 0.25) is 11.8 Å². The first-order chi connectivity index (χ1) is 9.66. The first-order valence-electron chi connectivity index (χ1n) is 6.46. The molecule has 0 spiro atoms. The minimum atomic E-state index is -1.30. The van der Waals surface area contributed by atoms with Crippen LogP contribution in [0.4, 0.5) is 0 Å². The Bertz CT molecular complexity index is 525. The van der Waals surface area contributed by atoms with Crippen molar-refractivity contribution in [2.45, 2.75) is 38.8 Å². The topological polar surface area (TPSA) is 86.7 Å². The van der Waals surface area contributed by atoms with Crippen molar-refractivity contribution in [1.29, 1.82) is 0 Å². The van der Waals surface area contributed by atoms with Crippen LogP contribution in [0.5, 0.6) is 0 Å². The number of carbonyl (C=O) groups is 3. The summed E-state index contributed by atoms with van der Waals surface area (Å²) in [4.78, 5) is 36.8. The Kier molecular flexibility index (Phi) is 5.48. The highest BCUT2D eigenvalue weighted by Crippen LogP contribution is 2.24. The molecule has 1 atom stereocenters. The standard InChI is InChI=1S/C14H20N2O4S/c1-9(17)15-10(11-6-5-7-21-11)8-12(18)16(4)14(2,3)13(19)20/h5-7,10H,8H2,1-4H3,(H,15,17)(H,19,20). The van der Waals surface area contributed by atoms with Gasteiger partial charge in [0, 0.05) is 18.8 Å². The molecular formula is C14H20N2O4S. The molecular weight excluding hydrogens is 292 g/mol. The largest absolute Gasteiger partial charge is 0.480 e. The first-order valence-corrected chi connectivity index (χ1v) is 7.34. The van der Waals surface area contributed by atoms with E-state index < -0.39 is 17.6 Å². The van der Waals surface area contributed by atoms with Crippen molar-refractivity contribution < 1.29 is 19.5 Å². The van der Waals surface area contributed by atoms with Gasteiger partial charge < -0.3 is 15.3 Å². The van der Waals surface area contributed by atoms with E-state index >= 15 is 0 Å². The highest BCUT2D eigenvalue weighted by Gasteiger charge is 2.36. The summed E-state index contributed by atoms with van der Waals surface area (Å²) in [6.07, 6.45) is 0.0211. The van der Waals surface area contributed by atoms with Gasteiger partial charge in [-0.1, -0.05) is 6.07 Å². The molecule has 0 saturated carbocycles. The molecule has 116 valence electrons. The summed E-state index contributed by atoms with van der Waals surface area (Å²) in [5.41, 5.74) is -1.30. The van der Waals surface area contributed by atoms with Crippen molar-refractivity contribution in [2.75, 3.05) is 7.05 Å². The zero-order chi connectivity index (χ0) is 16.2. The van der Waals surface area contributed by atoms with E-state index in [4.69, 9.17) is 5.11 Å². The molecule has 0 bridgehead atoms. The van der Waals surface area contributed by atoms with E-state index in [1.807, 2.05) is 17.5 Å². The zero-order valence-corrected chi connectivity index (χ0v) is 13.4. The van der Waals surface area contributed by atoms with Crippen LogP contribution in [-0.4, -0.2) is 40.4 Å². The lowest BCUT2D eigenvalue weighted by Gasteiger charge is -2.32. The summed E-state index contributed by atoms with van der Waals surface area (Å²) in [6, 6.07) is 3.23. The summed E-state index contributed by atoms with van der Waals surface area (Å²) in [7, 11) is 1.45. The van der Waals surface area contributed by atoms with E-state index in [9.17, 15) is 14.4 Å². The maximum atomic E-state index is 12.3. The SMILES string of the molecule is CC(=O)NC(CC(=O)N(C)C(C)(C)C(=O)O)c1cccs1. The minimum absolute atomic E-state index is 0.0211. The second-order valence-electron chi connectivity index (χ2n) is 5.29. The van der Waals surface area contributed by atoms with Gasteiger partial charge in [0.05, 0.1) is 12.5 Å². The quantitative estimate of drug-likeness (QED) is 0.836. The summed E-state index contributed by atoms with van der Waals surface area (Å²) in [6.45, 7) is 4.31. The average Bonchev–Trinajstić information content (AvgIpc) is 2.89. The van der Waals surface area contributed by atoms with Crippen molar-refractivity contribution in [1.82, 2.24) is 10.2 Å². The number of aliphatic carboxylic acids is 1. The maximum Gasteiger partial charge on any atom is 0.329 e. The molecule has 0 saturated heterocycles. The van der Waals surface area contributed by atoms with Gasteiger partial charge in [-0.25, -0.2) is 4.79 Å². The molecule has 1 rings (SSSR count). The first kappa shape index (κ1) is 17.2. The fraction of sp³-hybridized carbons (Fsp3) is 0.500. The van der Waals surface area contributed by atoms with Crippen LogP contribution in [0.3, 0.4) is 0 Å². The number of thiophene rings is 1. The van der Waals surface area contributed by atoms with Crippen LogP contribution in [0.2, 0.25) is 0 Å². The lowest BCUT2D eigenvalue weighted by molar-refractivity contribution is -0.155. The Labute approximate surface area is 127 Å². The molecule has 21 heavy (non-hydrogen) atoms. The third-order valence-corrected chi connectivity index (χ3v) is 4.36. The lowest BCUT2D eigenvalue weighted by atomic mass is 10.0. The van der Waals surface area contributed by atoms with Gasteiger partial charge in [0.15, 0.2) is 0 Å². The molecule has 0 aliphatic heterocycles. The Balaban J connectivity index is 2.86. The van der Waals surface area contributed by atoms with E-state index in [0.29, 0.717) is 0 Å². The smallest absolute Gasteiger partial charge is 0.329 e. The van der Waals surface area contributed by atoms with Crippen LogP contribution in [-0.2, 0) is 14.4 Å². The van der Waals surface area contributed by atoms with Crippen LogP contribution in [0.25, 0.3) is 0 Å². The number of carbonyl (C=O) groups excluding carboxylic acids is 2. The minimum Gasteiger partial charge on any atom is -0.480 e. The van der Waals surface area contributed by atoms with Crippen molar-refractivity contribution in [2.24, 2.45) is 0 Å².